The Morgan fingerprint density at radius 3 is 2.85 bits per heavy atom. The van der Waals surface area contributed by atoms with Crippen LogP contribution in [0, 0.1) is 5.82 Å². The SMILES string of the molecule is CSc1cc2cc(F)c(Cl)cc2s1. The minimum absolute atomic E-state index is 0.196. The van der Waals surface area contributed by atoms with E-state index in [1.165, 1.54) is 10.3 Å². The van der Waals surface area contributed by atoms with E-state index in [2.05, 4.69) is 0 Å². The Labute approximate surface area is 88.7 Å². The number of hydrogen-bond donors (Lipinski definition) is 0. The van der Waals surface area contributed by atoms with Crippen LogP contribution >= 0.6 is 34.7 Å². The van der Waals surface area contributed by atoms with Gasteiger partial charge in [-0.2, -0.15) is 0 Å². The zero-order valence-electron chi connectivity index (χ0n) is 6.80. The van der Waals surface area contributed by atoms with Crippen LogP contribution in [0.1, 0.15) is 0 Å². The van der Waals surface area contributed by atoms with Gasteiger partial charge in [-0.3, -0.25) is 0 Å². The fourth-order valence-electron chi connectivity index (χ4n) is 1.11. The van der Waals surface area contributed by atoms with E-state index in [9.17, 15) is 4.39 Å². The van der Waals surface area contributed by atoms with Crippen LogP contribution in [0.5, 0.6) is 0 Å². The zero-order chi connectivity index (χ0) is 9.42. The summed E-state index contributed by atoms with van der Waals surface area (Å²) < 4.78 is 15.2. The molecule has 0 amide bonds. The molecule has 1 aromatic carbocycles. The Hall–Kier alpha value is -0.250. The molecule has 0 aliphatic heterocycles. The largest absolute Gasteiger partial charge is 0.205 e. The molecule has 2 aromatic rings. The second-order valence-corrected chi connectivity index (χ2v) is 5.17. The summed E-state index contributed by atoms with van der Waals surface area (Å²) in [7, 11) is 0. The summed E-state index contributed by atoms with van der Waals surface area (Å²) in [5, 5.41) is 1.12. The molecule has 68 valence electrons. The summed E-state index contributed by atoms with van der Waals surface area (Å²) >= 11 is 8.96. The van der Waals surface area contributed by atoms with Crippen molar-refractivity contribution in [1.82, 2.24) is 0 Å². The van der Waals surface area contributed by atoms with E-state index in [-0.39, 0.29) is 10.8 Å². The molecule has 2 rings (SSSR count). The third-order valence-corrected chi connectivity index (χ3v) is 4.19. The maximum Gasteiger partial charge on any atom is 0.142 e. The van der Waals surface area contributed by atoms with Crippen molar-refractivity contribution in [3.05, 3.63) is 29.0 Å². The van der Waals surface area contributed by atoms with Gasteiger partial charge >= 0.3 is 0 Å². The molecule has 0 nitrogen and oxygen atoms in total. The summed E-state index contributed by atoms with van der Waals surface area (Å²) in [6.45, 7) is 0. The lowest BCUT2D eigenvalue weighted by atomic mass is 10.2. The van der Waals surface area contributed by atoms with E-state index in [1.807, 2.05) is 12.3 Å². The van der Waals surface area contributed by atoms with Crippen molar-refractivity contribution in [2.75, 3.05) is 6.26 Å². The summed E-state index contributed by atoms with van der Waals surface area (Å²) in [6, 6.07) is 5.13. The van der Waals surface area contributed by atoms with E-state index in [4.69, 9.17) is 11.6 Å². The number of thioether (sulfide) groups is 1. The van der Waals surface area contributed by atoms with Crippen molar-refractivity contribution in [1.29, 1.82) is 0 Å². The number of halogens is 2. The van der Waals surface area contributed by atoms with Crippen LogP contribution in [0.3, 0.4) is 0 Å². The van der Waals surface area contributed by atoms with Gasteiger partial charge in [-0.1, -0.05) is 11.6 Å². The Morgan fingerprint density at radius 2 is 2.15 bits per heavy atom. The summed E-state index contributed by atoms with van der Waals surface area (Å²) in [4.78, 5) is 0. The standard InChI is InChI=1S/C9H6ClFS2/c1-12-9-3-5-2-7(11)6(10)4-8(5)13-9/h2-4H,1H3. The number of benzene rings is 1. The average molecular weight is 233 g/mol. The number of rotatable bonds is 1. The maximum atomic E-state index is 13.0. The first-order chi connectivity index (χ1) is 6.20. The molecule has 1 aromatic heterocycles. The summed E-state index contributed by atoms with van der Waals surface area (Å²) in [5.74, 6) is -0.348. The van der Waals surface area contributed by atoms with Crippen molar-refractivity contribution >= 4 is 44.8 Å². The fraction of sp³-hybridized carbons (Fsp3) is 0.111. The first kappa shape index (κ1) is 9.31. The van der Waals surface area contributed by atoms with E-state index >= 15 is 0 Å². The highest BCUT2D eigenvalue weighted by atomic mass is 35.5. The molecule has 0 unspecified atom stereocenters. The van der Waals surface area contributed by atoms with Gasteiger partial charge in [-0.05, 0) is 29.8 Å². The van der Waals surface area contributed by atoms with Gasteiger partial charge in [0, 0.05) is 4.70 Å². The van der Waals surface area contributed by atoms with Crippen LogP contribution in [0.25, 0.3) is 10.1 Å². The Kier molecular flexibility index (Phi) is 2.49. The van der Waals surface area contributed by atoms with E-state index in [0.717, 1.165) is 10.1 Å². The number of hydrogen-bond acceptors (Lipinski definition) is 2. The molecule has 1 heterocycles. The summed E-state index contributed by atoms with van der Waals surface area (Å²) in [5.41, 5.74) is 0. The predicted molar refractivity (Wildman–Crippen MR) is 58.6 cm³/mol. The Morgan fingerprint density at radius 1 is 1.38 bits per heavy atom. The predicted octanol–water partition coefficient (Wildman–Crippen LogP) is 4.42. The maximum absolute atomic E-state index is 13.0. The van der Waals surface area contributed by atoms with Crippen LogP contribution in [-0.4, -0.2) is 6.26 Å². The molecule has 0 fully saturated rings. The van der Waals surface area contributed by atoms with Gasteiger partial charge in [0.15, 0.2) is 0 Å². The van der Waals surface area contributed by atoms with Crippen LogP contribution in [0.2, 0.25) is 5.02 Å². The quantitative estimate of drug-likeness (QED) is 0.656. The normalized spacial score (nSPS) is 11.0. The lowest BCUT2D eigenvalue weighted by Crippen LogP contribution is -1.73. The number of thiophene rings is 1. The van der Waals surface area contributed by atoms with Gasteiger partial charge in [-0.25, -0.2) is 4.39 Å². The molecular formula is C9H6ClFS2. The highest BCUT2D eigenvalue weighted by Crippen LogP contribution is 2.34. The molecule has 0 spiro atoms. The molecule has 0 N–H and O–H groups in total. The van der Waals surface area contributed by atoms with Crippen molar-refractivity contribution in [2.24, 2.45) is 0 Å². The molecule has 0 atom stereocenters. The Balaban J connectivity index is 2.70. The molecule has 0 aliphatic carbocycles. The molecule has 0 saturated heterocycles. The monoisotopic (exact) mass is 232 g/mol. The second-order valence-electron chi connectivity index (χ2n) is 2.57. The Bertz CT molecular complexity index is 411. The van der Waals surface area contributed by atoms with Gasteiger partial charge in [0.2, 0.25) is 0 Å². The van der Waals surface area contributed by atoms with E-state index in [1.54, 1.807) is 29.2 Å². The third-order valence-electron chi connectivity index (χ3n) is 1.74. The van der Waals surface area contributed by atoms with Crippen molar-refractivity contribution in [3.63, 3.8) is 0 Å². The van der Waals surface area contributed by atoms with Gasteiger partial charge in [-0.15, -0.1) is 23.1 Å². The smallest absolute Gasteiger partial charge is 0.142 e. The number of fused-ring (bicyclic) bond motifs is 1. The zero-order valence-corrected chi connectivity index (χ0v) is 9.19. The van der Waals surface area contributed by atoms with Crippen LogP contribution < -0.4 is 0 Å². The van der Waals surface area contributed by atoms with Gasteiger partial charge < -0.3 is 0 Å². The van der Waals surface area contributed by atoms with Crippen molar-refractivity contribution in [2.45, 2.75) is 4.21 Å². The second kappa shape index (κ2) is 3.48. The highest BCUT2D eigenvalue weighted by molar-refractivity contribution is 8.00. The van der Waals surface area contributed by atoms with Crippen molar-refractivity contribution in [3.8, 4) is 0 Å². The molecule has 0 aliphatic rings. The van der Waals surface area contributed by atoms with Crippen LogP contribution in [0.4, 0.5) is 4.39 Å². The summed E-state index contributed by atoms with van der Waals surface area (Å²) in [6.07, 6.45) is 2.00. The van der Waals surface area contributed by atoms with E-state index < -0.39 is 0 Å². The van der Waals surface area contributed by atoms with E-state index in [0.29, 0.717) is 0 Å². The first-order valence-corrected chi connectivity index (χ1v) is 6.05. The lowest BCUT2D eigenvalue weighted by molar-refractivity contribution is 0.630. The molecule has 13 heavy (non-hydrogen) atoms. The fourth-order valence-corrected chi connectivity index (χ4v) is 3.00. The molecule has 0 saturated carbocycles. The highest BCUT2D eigenvalue weighted by Gasteiger charge is 2.05. The molecule has 4 heteroatoms. The van der Waals surface area contributed by atoms with Gasteiger partial charge in [0.25, 0.3) is 0 Å². The van der Waals surface area contributed by atoms with Crippen molar-refractivity contribution < 1.29 is 4.39 Å². The average Bonchev–Trinajstić information content (AvgIpc) is 2.48. The van der Waals surface area contributed by atoms with Gasteiger partial charge in [0.1, 0.15) is 5.82 Å². The molecular weight excluding hydrogens is 227 g/mol. The minimum atomic E-state index is -0.348. The lowest BCUT2D eigenvalue weighted by Gasteiger charge is -1.92. The molecule has 0 bridgehead atoms. The molecule has 0 radical (unpaired) electrons. The third kappa shape index (κ3) is 1.68. The minimum Gasteiger partial charge on any atom is -0.205 e. The first-order valence-electron chi connectivity index (χ1n) is 3.63. The van der Waals surface area contributed by atoms with Gasteiger partial charge in [0.05, 0.1) is 9.23 Å². The van der Waals surface area contributed by atoms with Crippen LogP contribution in [0.15, 0.2) is 22.4 Å². The van der Waals surface area contributed by atoms with Crippen LogP contribution in [-0.2, 0) is 0 Å². The topological polar surface area (TPSA) is 0 Å².